The first-order valence-corrected chi connectivity index (χ1v) is 7.66. The lowest BCUT2D eigenvalue weighted by molar-refractivity contribution is 0.281. The van der Waals surface area contributed by atoms with E-state index in [1.165, 1.54) is 0 Å². The number of pyridine rings is 1. The summed E-state index contributed by atoms with van der Waals surface area (Å²) in [6, 6.07) is 9.66. The number of aliphatic hydroxyl groups is 1. The van der Waals surface area contributed by atoms with E-state index in [1.54, 1.807) is 6.20 Å². The van der Waals surface area contributed by atoms with Gasteiger partial charge in [0.15, 0.2) is 0 Å². The molecule has 0 aliphatic heterocycles. The van der Waals surface area contributed by atoms with Crippen LogP contribution in [0, 0.1) is 0 Å². The monoisotopic (exact) mass is 312 g/mol. The van der Waals surface area contributed by atoms with Crippen molar-refractivity contribution in [2.45, 2.75) is 19.9 Å². The molecule has 0 bridgehead atoms. The zero-order valence-corrected chi connectivity index (χ0v) is 13.2. The predicted molar refractivity (Wildman–Crippen MR) is 90.7 cm³/mol. The molecule has 3 aromatic rings. The van der Waals surface area contributed by atoms with E-state index in [-0.39, 0.29) is 12.6 Å². The third-order valence-corrected chi connectivity index (χ3v) is 3.55. The number of rotatable bonds is 6. The van der Waals surface area contributed by atoms with Crippen LogP contribution in [0.15, 0.2) is 36.5 Å². The van der Waals surface area contributed by atoms with Gasteiger partial charge >= 0.3 is 0 Å². The minimum Gasteiger partial charge on any atom is -0.494 e. The molecule has 120 valence electrons. The van der Waals surface area contributed by atoms with Crippen LogP contribution in [0.2, 0.25) is 0 Å². The Morgan fingerprint density at radius 1 is 1.30 bits per heavy atom. The third-order valence-electron chi connectivity index (χ3n) is 3.55. The molecular weight excluding hydrogens is 292 g/mol. The van der Waals surface area contributed by atoms with E-state index in [1.807, 2.05) is 44.2 Å². The average molecular weight is 312 g/mol. The van der Waals surface area contributed by atoms with Crippen molar-refractivity contribution < 1.29 is 9.84 Å². The fourth-order valence-electron chi connectivity index (χ4n) is 2.42. The van der Waals surface area contributed by atoms with Crippen molar-refractivity contribution in [1.29, 1.82) is 0 Å². The molecule has 6 nitrogen and oxygen atoms in total. The zero-order chi connectivity index (χ0) is 16.2. The second-order valence-electron chi connectivity index (χ2n) is 5.37. The molecule has 0 radical (unpaired) electrons. The van der Waals surface area contributed by atoms with Crippen molar-refractivity contribution in [3.8, 4) is 17.0 Å². The standard InChI is InChI=1S/C17H20N4O2/c1-3-23-13-4-5-15-14(9-13)17(21-20-15)12-6-7-18-16(8-12)19-11(2)10-22/h4-9,11,22H,3,10H2,1-2H3,(H,18,19)(H,20,21)/t11-/m0/s1. The zero-order valence-electron chi connectivity index (χ0n) is 13.2. The summed E-state index contributed by atoms with van der Waals surface area (Å²) in [5.41, 5.74) is 2.76. The van der Waals surface area contributed by atoms with Crippen LogP contribution in [0.5, 0.6) is 5.75 Å². The molecule has 0 aliphatic rings. The summed E-state index contributed by atoms with van der Waals surface area (Å²) in [6.45, 7) is 4.53. The number of benzene rings is 1. The molecule has 0 fully saturated rings. The molecule has 0 spiro atoms. The smallest absolute Gasteiger partial charge is 0.126 e. The summed E-state index contributed by atoms with van der Waals surface area (Å²) < 4.78 is 5.57. The van der Waals surface area contributed by atoms with Crippen molar-refractivity contribution in [2.24, 2.45) is 0 Å². The van der Waals surface area contributed by atoms with Gasteiger partial charge in [-0.3, -0.25) is 5.10 Å². The van der Waals surface area contributed by atoms with Gasteiger partial charge in [-0.2, -0.15) is 5.10 Å². The van der Waals surface area contributed by atoms with Crippen LogP contribution in [0.25, 0.3) is 22.2 Å². The minimum atomic E-state index is -0.0572. The second kappa shape index (κ2) is 6.66. The minimum absolute atomic E-state index is 0.0506. The van der Waals surface area contributed by atoms with E-state index in [0.29, 0.717) is 12.4 Å². The first kappa shape index (κ1) is 15.3. The predicted octanol–water partition coefficient (Wildman–Crippen LogP) is 2.82. The summed E-state index contributed by atoms with van der Waals surface area (Å²) in [5.74, 6) is 1.53. The number of nitrogens with one attached hydrogen (secondary N) is 2. The Labute approximate surface area is 134 Å². The Kier molecular flexibility index (Phi) is 4.43. The van der Waals surface area contributed by atoms with Crippen LogP contribution >= 0.6 is 0 Å². The maximum absolute atomic E-state index is 9.15. The van der Waals surface area contributed by atoms with Crippen molar-refractivity contribution in [1.82, 2.24) is 15.2 Å². The van der Waals surface area contributed by atoms with Gasteiger partial charge in [0.2, 0.25) is 0 Å². The molecule has 0 unspecified atom stereocenters. The molecule has 0 amide bonds. The first-order chi connectivity index (χ1) is 11.2. The molecule has 3 rings (SSSR count). The van der Waals surface area contributed by atoms with E-state index >= 15 is 0 Å². The van der Waals surface area contributed by atoms with Gasteiger partial charge in [-0.1, -0.05) is 0 Å². The van der Waals surface area contributed by atoms with Gasteiger partial charge in [-0.05, 0) is 44.2 Å². The maximum atomic E-state index is 9.15. The molecule has 23 heavy (non-hydrogen) atoms. The summed E-state index contributed by atoms with van der Waals surface area (Å²) in [7, 11) is 0. The van der Waals surface area contributed by atoms with Crippen LogP contribution in [0.1, 0.15) is 13.8 Å². The highest BCUT2D eigenvalue weighted by Crippen LogP contribution is 2.30. The molecule has 2 aromatic heterocycles. The highest BCUT2D eigenvalue weighted by atomic mass is 16.5. The van der Waals surface area contributed by atoms with E-state index in [2.05, 4.69) is 20.5 Å². The normalized spacial score (nSPS) is 12.3. The Morgan fingerprint density at radius 2 is 2.17 bits per heavy atom. The SMILES string of the molecule is CCOc1ccc2[nH]nc(-c3ccnc(N[C@@H](C)CO)c3)c2c1. The number of aromatic nitrogens is 3. The van der Waals surface area contributed by atoms with E-state index in [4.69, 9.17) is 9.84 Å². The Hall–Kier alpha value is -2.60. The number of fused-ring (bicyclic) bond motifs is 1. The largest absolute Gasteiger partial charge is 0.494 e. The van der Waals surface area contributed by atoms with Gasteiger partial charge in [0.05, 0.1) is 18.7 Å². The molecule has 1 atom stereocenters. The lowest BCUT2D eigenvalue weighted by Crippen LogP contribution is -2.19. The van der Waals surface area contributed by atoms with E-state index < -0.39 is 0 Å². The summed E-state index contributed by atoms with van der Waals surface area (Å²) in [6.07, 6.45) is 1.73. The molecule has 3 N–H and O–H groups in total. The lowest BCUT2D eigenvalue weighted by Gasteiger charge is -2.11. The Balaban J connectivity index is 1.99. The quantitative estimate of drug-likeness (QED) is 0.652. The van der Waals surface area contributed by atoms with Crippen LogP contribution in [0.3, 0.4) is 0 Å². The summed E-state index contributed by atoms with van der Waals surface area (Å²) >= 11 is 0. The highest BCUT2D eigenvalue weighted by molar-refractivity contribution is 5.94. The van der Waals surface area contributed by atoms with Gasteiger partial charge in [0.25, 0.3) is 0 Å². The number of nitrogens with zero attached hydrogens (tertiary/aromatic N) is 2. The van der Waals surface area contributed by atoms with Crippen LogP contribution in [0.4, 0.5) is 5.82 Å². The first-order valence-electron chi connectivity index (χ1n) is 7.66. The number of H-pyrrole nitrogens is 1. The van der Waals surface area contributed by atoms with E-state index in [0.717, 1.165) is 27.9 Å². The molecule has 1 aromatic carbocycles. The van der Waals surface area contributed by atoms with Crippen molar-refractivity contribution in [2.75, 3.05) is 18.5 Å². The second-order valence-corrected chi connectivity index (χ2v) is 5.37. The van der Waals surface area contributed by atoms with Gasteiger partial charge in [0, 0.05) is 23.2 Å². The maximum Gasteiger partial charge on any atom is 0.126 e. The van der Waals surface area contributed by atoms with Gasteiger partial charge in [-0.25, -0.2) is 4.98 Å². The summed E-state index contributed by atoms with van der Waals surface area (Å²) in [4.78, 5) is 4.28. The van der Waals surface area contributed by atoms with Crippen molar-refractivity contribution >= 4 is 16.7 Å². The Bertz CT molecular complexity index is 800. The molecular formula is C17H20N4O2. The molecule has 6 heteroatoms. The van der Waals surface area contributed by atoms with Crippen molar-refractivity contribution in [3.05, 3.63) is 36.5 Å². The third kappa shape index (κ3) is 3.27. The number of hydrogen-bond acceptors (Lipinski definition) is 5. The number of hydrogen-bond donors (Lipinski definition) is 3. The highest BCUT2D eigenvalue weighted by Gasteiger charge is 2.11. The fraction of sp³-hybridized carbons (Fsp3) is 0.294. The van der Waals surface area contributed by atoms with Crippen LogP contribution in [-0.4, -0.2) is 39.5 Å². The molecule has 0 aliphatic carbocycles. The van der Waals surface area contributed by atoms with Crippen LogP contribution in [-0.2, 0) is 0 Å². The summed E-state index contributed by atoms with van der Waals surface area (Å²) in [5, 5.41) is 20.8. The van der Waals surface area contributed by atoms with Gasteiger partial charge in [-0.15, -0.1) is 0 Å². The van der Waals surface area contributed by atoms with Gasteiger partial charge in [0.1, 0.15) is 17.3 Å². The fourth-order valence-corrected chi connectivity index (χ4v) is 2.42. The topological polar surface area (TPSA) is 83.1 Å². The number of ether oxygens (including phenoxy) is 1. The van der Waals surface area contributed by atoms with Crippen LogP contribution < -0.4 is 10.1 Å². The number of anilines is 1. The Morgan fingerprint density at radius 3 is 2.96 bits per heavy atom. The van der Waals surface area contributed by atoms with Gasteiger partial charge < -0.3 is 15.2 Å². The number of aliphatic hydroxyl groups excluding tert-OH is 1. The molecule has 0 saturated heterocycles. The lowest BCUT2D eigenvalue weighted by atomic mass is 10.1. The average Bonchev–Trinajstić information content (AvgIpc) is 2.98. The molecule has 2 heterocycles. The van der Waals surface area contributed by atoms with Crippen molar-refractivity contribution in [3.63, 3.8) is 0 Å². The van der Waals surface area contributed by atoms with E-state index in [9.17, 15) is 0 Å². The number of aromatic amines is 1. The molecule has 0 saturated carbocycles.